The summed E-state index contributed by atoms with van der Waals surface area (Å²) in [5.41, 5.74) is 0.867. The fourth-order valence-corrected chi connectivity index (χ4v) is 4.34. The first-order chi connectivity index (χ1) is 8.08. The molecule has 1 aliphatic heterocycles. The number of pyridine rings is 1. The van der Waals surface area contributed by atoms with Gasteiger partial charge in [-0.3, -0.25) is 0 Å². The first-order valence-corrected chi connectivity index (χ1v) is 7.51. The quantitative estimate of drug-likeness (QED) is 0.799. The van der Waals surface area contributed by atoms with Crippen molar-refractivity contribution in [2.24, 2.45) is 0 Å². The van der Waals surface area contributed by atoms with Gasteiger partial charge in [-0.2, -0.15) is 0 Å². The van der Waals surface area contributed by atoms with Crippen LogP contribution in [0.1, 0.15) is 23.9 Å². The average Bonchev–Trinajstić information content (AvgIpc) is 2.80. The Morgan fingerprint density at radius 1 is 1.41 bits per heavy atom. The molecule has 1 unspecified atom stereocenters. The maximum absolute atomic E-state index is 11.9. The molecule has 0 radical (unpaired) electrons. The second-order valence-electron chi connectivity index (χ2n) is 4.26. The molecule has 0 bridgehead atoms. The lowest BCUT2D eigenvalue weighted by Crippen LogP contribution is -2.11. The van der Waals surface area contributed by atoms with Crippen LogP contribution in [-0.4, -0.2) is 23.6 Å². The Morgan fingerprint density at radius 2 is 2.24 bits per heavy atom. The molecule has 1 aliphatic rings. The number of hydrogen-bond donors (Lipinski definition) is 0. The smallest absolute Gasteiger partial charge is 0.160 e. The largest absolute Gasteiger partial charge is 0.301 e. The number of hydrogen-bond acceptors (Lipinski definition) is 3. The summed E-state index contributed by atoms with van der Waals surface area (Å²) in [5, 5.41) is 0.0932. The normalized spacial score (nSPS) is 23.2. The Balaban J connectivity index is 2.21. The number of nitrogens with zero attached hydrogens (tertiary/aromatic N) is 2. The molecule has 0 saturated carbocycles. The van der Waals surface area contributed by atoms with Crippen molar-refractivity contribution in [1.29, 1.82) is 0 Å². The SMILES string of the molecule is O=S1(=O)CCCC1c1ncc2ccc(Cl)cn12. The van der Waals surface area contributed by atoms with Gasteiger partial charge in [-0.05, 0) is 25.0 Å². The Labute approximate surface area is 104 Å². The second kappa shape index (κ2) is 3.71. The molecule has 2 aromatic heterocycles. The van der Waals surface area contributed by atoms with Gasteiger partial charge in [-0.15, -0.1) is 0 Å². The molecule has 3 rings (SSSR count). The lowest BCUT2D eigenvalue weighted by atomic mass is 10.2. The van der Waals surface area contributed by atoms with Gasteiger partial charge < -0.3 is 4.40 Å². The van der Waals surface area contributed by atoms with Crippen molar-refractivity contribution in [1.82, 2.24) is 9.38 Å². The molecule has 1 saturated heterocycles. The number of sulfone groups is 1. The molecule has 0 aromatic carbocycles. The topological polar surface area (TPSA) is 51.4 Å². The van der Waals surface area contributed by atoms with E-state index < -0.39 is 15.1 Å². The predicted octanol–water partition coefficient (Wildman–Crippen LogP) is 2.24. The first kappa shape index (κ1) is 11.0. The molecule has 3 heterocycles. The minimum absolute atomic E-state index is 0.257. The molecule has 2 aromatic rings. The van der Waals surface area contributed by atoms with E-state index in [9.17, 15) is 8.42 Å². The molecule has 0 N–H and O–H groups in total. The molecule has 90 valence electrons. The molecule has 0 spiro atoms. The first-order valence-electron chi connectivity index (χ1n) is 5.42. The summed E-state index contributed by atoms with van der Waals surface area (Å²) in [6.07, 6.45) is 4.75. The van der Waals surface area contributed by atoms with Gasteiger partial charge in [-0.1, -0.05) is 11.6 Å². The minimum atomic E-state index is -3.04. The van der Waals surface area contributed by atoms with Gasteiger partial charge in [0.15, 0.2) is 9.84 Å². The zero-order valence-electron chi connectivity index (χ0n) is 9.01. The molecular formula is C11H11ClN2O2S. The van der Waals surface area contributed by atoms with E-state index >= 15 is 0 Å². The third-order valence-corrected chi connectivity index (χ3v) is 5.53. The molecule has 4 nitrogen and oxygen atoms in total. The van der Waals surface area contributed by atoms with Crippen molar-refractivity contribution < 1.29 is 8.42 Å². The van der Waals surface area contributed by atoms with Crippen LogP contribution in [0.2, 0.25) is 5.02 Å². The van der Waals surface area contributed by atoms with E-state index in [-0.39, 0.29) is 5.75 Å². The van der Waals surface area contributed by atoms with Crippen LogP contribution in [0.3, 0.4) is 0 Å². The van der Waals surface area contributed by atoms with Gasteiger partial charge in [0.25, 0.3) is 0 Å². The van der Waals surface area contributed by atoms with E-state index in [1.165, 1.54) is 0 Å². The highest BCUT2D eigenvalue weighted by Gasteiger charge is 2.35. The minimum Gasteiger partial charge on any atom is -0.301 e. The third-order valence-electron chi connectivity index (χ3n) is 3.14. The Bertz CT molecular complexity index is 678. The lowest BCUT2D eigenvalue weighted by molar-refractivity contribution is 0.588. The van der Waals surface area contributed by atoms with Crippen molar-refractivity contribution in [3.8, 4) is 0 Å². The van der Waals surface area contributed by atoms with Gasteiger partial charge in [0.05, 0.1) is 22.5 Å². The number of imidazole rings is 1. The van der Waals surface area contributed by atoms with Gasteiger partial charge in [0.1, 0.15) is 11.1 Å². The standard InChI is InChI=1S/C11H11ClN2O2S/c12-8-3-4-9-6-13-11(14(9)7-8)10-2-1-5-17(10,15)16/h3-4,6-7,10H,1-2,5H2. The molecule has 0 amide bonds. The fraction of sp³-hybridized carbons (Fsp3) is 0.364. The van der Waals surface area contributed by atoms with Crippen LogP contribution in [0, 0.1) is 0 Å². The van der Waals surface area contributed by atoms with Crippen molar-refractivity contribution in [3.63, 3.8) is 0 Å². The summed E-state index contributed by atoms with van der Waals surface area (Å²) in [6, 6.07) is 3.60. The highest BCUT2D eigenvalue weighted by molar-refractivity contribution is 7.91. The predicted molar refractivity (Wildman–Crippen MR) is 66.0 cm³/mol. The Hall–Kier alpha value is -1.07. The number of rotatable bonds is 1. The summed E-state index contributed by atoms with van der Waals surface area (Å²) in [5.74, 6) is 0.840. The van der Waals surface area contributed by atoms with Crippen molar-refractivity contribution in [3.05, 3.63) is 35.4 Å². The van der Waals surface area contributed by atoms with Crippen molar-refractivity contribution in [2.45, 2.75) is 18.1 Å². The summed E-state index contributed by atoms with van der Waals surface area (Å²) in [6.45, 7) is 0. The van der Waals surface area contributed by atoms with Crippen LogP contribution < -0.4 is 0 Å². The average molecular weight is 271 g/mol. The van der Waals surface area contributed by atoms with Crippen LogP contribution in [0.25, 0.3) is 5.52 Å². The molecule has 0 aliphatic carbocycles. The summed E-state index contributed by atoms with van der Waals surface area (Å²) in [7, 11) is -3.04. The van der Waals surface area contributed by atoms with E-state index in [4.69, 9.17) is 11.6 Å². The van der Waals surface area contributed by atoms with E-state index in [0.29, 0.717) is 23.7 Å². The highest BCUT2D eigenvalue weighted by Crippen LogP contribution is 2.34. The second-order valence-corrected chi connectivity index (χ2v) is 7.00. The number of aromatic nitrogens is 2. The molecular weight excluding hydrogens is 260 g/mol. The van der Waals surface area contributed by atoms with E-state index in [1.807, 2.05) is 6.07 Å². The number of fused-ring (bicyclic) bond motifs is 1. The Kier molecular flexibility index (Phi) is 2.41. The molecule has 6 heteroatoms. The lowest BCUT2D eigenvalue weighted by Gasteiger charge is -2.08. The zero-order valence-corrected chi connectivity index (χ0v) is 10.6. The summed E-state index contributed by atoms with van der Waals surface area (Å²) < 4.78 is 25.6. The van der Waals surface area contributed by atoms with E-state index in [0.717, 1.165) is 5.52 Å². The number of halogens is 1. The van der Waals surface area contributed by atoms with Crippen LogP contribution in [0.4, 0.5) is 0 Å². The van der Waals surface area contributed by atoms with E-state index in [2.05, 4.69) is 4.98 Å². The highest BCUT2D eigenvalue weighted by atomic mass is 35.5. The van der Waals surface area contributed by atoms with Crippen LogP contribution >= 0.6 is 11.6 Å². The van der Waals surface area contributed by atoms with Crippen molar-refractivity contribution in [2.75, 3.05) is 5.75 Å². The summed E-state index contributed by atoms with van der Waals surface area (Å²) in [4.78, 5) is 4.24. The van der Waals surface area contributed by atoms with Gasteiger partial charge >= 0.3 is 0 Å². The summed E-state index contributed by atoms with van der Waals surface area (Å²) >= 11 is 5.93. The molecule has 1 fully saturated rings. The van der Waals surface area contributed by atoms with Crippen LogP contribution in [0.5, 0.6) is 0 Å². The molecule has 17 heavy (non-hydrogen) atoms. The van der Waals surface area contributed by atoms with Crippen LogP contribution in [-0.2, 0) is 9.84 Å². The maximum Gasteiger partial charge on any atom is 0.160 e. The van der Waals surface area contributed by atoms with Gasteiger partial charge in [0, 0.05) is 6.20 Å². The Morgan fingerprint density at radius 3 is 2.94 bits per heavy atom. The van der Waals surface area contributed by atoms with Crippen LogP contribution in [0.15, 0.2) is 24.5 Å². The third kappa shape index (κ3) is 1.73. The zero-order chi connectivity index (χ0) is 12.0. The van der Waals surface area contributed by atoms with Gasteiger partial charge in [-0.25, -0.2) is 13.4 Å². The monoisotopic (exact) mass is 270 g/mol. The maximum atomic E-state index is 11.9. The van der Waals surface area contributed by atoms with E-state index in [1.54, 1.807) is 22.9 Å². The fourth-order valence-electron chi connectivity index (χ4n) is 2.30. The van der Waals surface area contributed by atoms with Gasteiger partial charge in [0.2, 0.25) is 0 Å². The van der Waals surface area contributed by atoms with Crippen molar-refractivity contribution >= 4 is 27.0 Å². The molecule has 1 atom stereocenters.